The highest BCUT2D eigenvalue weighted by Gasteiger charge is 2.22. The Hall–Kier alpha value is -3.08. The standard InChI is InChI=1S/C22H21N5O3S2/c28-17(23-13-15-5-2-1-3-6-15)14-27-21(29)19-20(18(25-27)16-7-4-12-31-16)32-22(24-19)26-8-10-30-11-9-26/h1-7,12H,8-11,13-14H2,(H,23,28). The van der Waals surface area contributed by atoms with Crippen LogP contribution in [-0.2, 0) is 22.6 Å². The second-order valence-electron chi connectivity index (χ2n) is 7.32. The predicted molar refractivity (Wildman–Crippen MR) is 126 cm³/mol. The summed E-state index contributed by atoms with van der Waals surface area (Å²) < 4.78 is 7.41. The van der Waals surface area contributed by atoms with E-state index in [9.17, 15) is 9.59 Å². The number of nitrogens with zero attached hydrogens (tertiary/aromatic N) is 4. The molecule has 1 aromatic carbocycles. The van der Waals surface area contributed by atoms with E-state index in [1.54, 1.807) is 11.3 Å². The fourth-order valence-corrected chi connectivity index (χ4v) is 5.40. The van der Waals surface area contributed by atoms with Crippen molar-refractivity contribution < 1.29 is 9.53 Å². The van der Waals surface area contributed by atoms with Crippen molar-refractivity contribution in [2.24, 2.45) is 0 Å². The minimum absolute atomic E-state index is 0.162. The Bertz CT molecular complexity index is 1280. The van der Waals surface area contributed by atoms with Crippen LogP contribution in [0, 0.1) is 0 Å². The third kappa shape index (κ3) is 4.29. The highest BCUT2D eigenvalue weighted by molar-refractivity contribution is 7.23. The van der Waals surface area contributed by atoms with Crippen LogP contribution < -0.4 is 15.8 Å². The van der Waals surface area contributed by atoms with Gasteiger partial charge in [-0.25, -0.2) is 9.67 Å². The van der Waals surface area contributed by atoms with Crippen LogP contribution >= 0.6 is 22.7 Å². The molecule has 0 bridgehead atoms. The number of hydrogen-bond donors (Lipinski definition) is 1. The van der Waals surface area contributed by atoms with Gasteiger partial charge in [-0.3, -0.25) is 9.59 Å². The number of rotatable bonds is 6. The van der Waals surface area contributed by atoms with Gasteiger partial charge in [-0.1, -0.05) is 47.7 Å². The molecule has 1 N–H and O–H groups in total. The van der Waals surface area contributed by atoms with Gasteiger partial charge in [0.25, 0.3) is 5.56 Å². The maximum absolute atomic E-state index is 13.2. The minimum Gasteiger partial charge on any atom is -0.378 e. The van der Waals surface area contributed by atoms with Gasteiger partial charge in [0.2, 0.25) is 5.91 Å². The first kappa shape index (κ1) is 20.8. The summed E-state index contributed by atoms with van der Waals surface area (Å²) in [5, 5.41) is 10.2. The molecule has 0 atom stereocenters. The number of carbonyl (C=O) groups is 1. The third-order valence-corrected chi connectivity index (χ3v) is 7.15. The van der Waals surface area contributed by atoms with Gasteiger partial charge < -0.3 is 15.0 Å². The molecule has 5 rings (SSSR count). The molecule has 4 heterocycles. The van der Waals surface area contributed by atoms with E-state index in [0.717, 1.165) is 33.4 Å². The first-order valence-corrected chi connectivity index (χ1v) is 12.0. The van der Waals surface area contributed by atoms with Gasteiger partial charge >= 0.3 is 0 Å². The van der Waals surface area contributed by atoms with Crippen molar-refractivity contribution in [3.8, 4) is 10.6 Å². The van der Waals surface area contributed by atoms with E-state index in [-0.39, 0.29) is 18.0 Å². The van der Waals surface area contributed by atoms with E-state index in [0.29, 0.717) is 31.0 Å². The van der Waals surface area contributed by atoms with Gasteiger partial charge in [0.05, 0.1) is 22.8 Å². The molecule has 0 saturated carbocycles. The molecule has 1 aliphatic rings. The number of fused-ring (bicyclic) bond motifs is 1. The summed E-state index contributed by atoms with van der Waals surface area (Å²) in [4.78, 5) is 33.5. The molecule has 3 aromatic heterocycles. The zero-order valence-corrected chi connectivity index (χ0v) is 18.8. The lowest BCUT2D eigenvalue weighted by atomic mass is 10.2. The molecule has 8 nitrogen and oxygen atoms in total. The number of aromatic nitrogens is 3. The molecular formula is C22H21N5O3S2. The summed E-state index contributed by atoms with van der Waals surface area (Å²) in [7, 11) is 0. The molecule has 1 fully saturated rings. The quantitative estimate of drug-likeness (QED) is 0.469. The Morgan fingerprint density at radius 2 is 1.94 bits per heavy atom. The Morgan fingerprint density at radius 1 is 1.12 bits per heavy atom. The largest absolute Gasteiger partial charge is 0.378 e. The fourth-order valence-electron chi connectivity index (χ4n) is 3.51. The maximum atomic E-state index is 13.2. The number of carbonyl (C=O) groups excluding carboxylic acids is 1. The van der Waals surface area contributed by atoms with Crippen LogP contribution in [-0.4, -0.2) is 47.0 Å². The lowest BCUT2D eigenvalue weighted by Gasteiger charge is -2.25. The minimum atomic E-state index is -0.356. The fraction of sp³-hybridized carbons (Fsp3) is 0.273. The molecule has 0 unspecified atom stereocenters. The van der Waals surface area contributed by atoms with Crippen molar-refractivity contribution in [1.82, 2.24) is 20.1 Å². The van der Waals surface area contributed by atoms with E-state index in [1.165, 1.54) is 16.0 Å². The van der Waals surface area contributed by atoms with Gasteiger partial charge in [-0.15, -0.1) is 11.3 Å². The topological polar surface area (TPSA) is 89.3 Å². The molecular weight excluding hydrogens is 446 g/mol. The monoisotopic (exact) mass is 467 g/mol. The molecule has 10 heteroatoms. The number of hydrogen-bond acceptors (Lipinski definition) is 8. The van der Waals surface area contributed by atoms with Crippen molar-refractivity contribution in [2.45, 2.75) is 13.1 Å². The molecule has 0 radical (unpaired) electrons. The van der Waals surface area contributed by atoms with Crippen LogP contribution in [0.1, 0.15) is 5.56 Å². The molecule has 0 aliphatic carbocycles. The Labute approximate surface area is 192 Å². The summed E-state index contributed by atoms with van der Waals surface area (Å²) in [6.07, 6.45) is 0. The lowest BCUT2D eigenvalue weighted by molar-refractivity contribution is -0.122. The van der Waals surface area contributed by atoms with Crippen LogP contribution in [0.3, 0.4) is 0 Å². The summed E-state index contributed by atoms with van der Waals surface area (Å²) >= 11 is 3.01. The summed E-state index contributed by atoms with van der Waals surface area (Å²) in [5.41, 5.74) is 1.67. The van der Waals surface area contributed by atoms with E-state index in [4.69, 9.17) is 4.74 Å². The van der Waals surface area contributed by atoms with Crippen molar-refractivity contribution in [1.29, 1.82) is 0 Å². The number of thiophene rings is 1. The van der Waals surface area contributed by atoms with E-state index in [2.05, 4.69) is 20.3 Å². The van der Waals surface area contributed by atoms with Crippen LogP contribution in [0.15, 0.2) is 52.6 Å². The number of amides is 1. The van der Waals surface area contributed by atoms with Gasteiger partial charge in [0.15, 0.2) is 10.6 Å². The van der Waals surface area contributed by atoms with Crippen LogP contribution in [0.5, 0.6) is 0 Å². The van der Waals surface area contributed by atoms with Gasteiger partial charge in [0.1, 0.15) is 12.2 Å². The molecule has 164 valence electrons. The lowest BCUT2D eigenvalue weighted by Crippen LogP contribution is -2.36. The zero-order valence-electron chi connectivity index (χ0n) is 17.2. The highest BCUT2D eigenvalue weighted by Crippen LogP contribution is 2.35. The van der Waals surface area contributed by atoms with Crippen LogP contribution in [0.4, 0.5) is 5.13 Å². The summed E-state index contributed by atoms with van der Waals surface area (Å²) in [5.74, 6) is -0.274. The number of thiazole rings is 1. The summed E-state index contributed by atoms with van der Waals surface area (Å²) in [6.45, 7) is 2.97. The Balaban J connectivity index is 1.47. The first-order chi connectivity index (χ1) is 15.7. The van der Waals surface area contributed by atoms with Crippen molar-refractivity contribution in [2.75, 3.05) is 31.2 Å². The first-order valence-electron chi connectivity index (χ1n) is 10.3. The third-order valence-electron chi connectivity index (χ3n) is 5.15. The number of ether oxygens (including phenoxy) is 1. The second kappa shape index (κ2) is 9.19. The number of benzene rings is 1. The predicted octanol–water partition coefficient (Wildman–Crippen LogP) is 2.73. The molecule has 1 aliphatic heterocycles. The maximum Gasteiger partial charge on any atom is 0.294 e. The SMILES string of the molecule is O=C(Cn1nc(-c2cccs2)c2sc(N3CCOCC3)nc2c1=O)NCc1ccccc1. The smallest absolute Gasteiger partial charge is 0.294 e. The van der Waals surface area contributed by atoms with Crippen LogP contribution in [0.25, 0.3) is 20.8 Å². The van der Waals surface area contributed by atoms with E-state index < -0.39 is 0 Å². The van der Waals surface area contributed by atoms with Crippen molar-refractivity contribution in [3.63, 3.8) is 0 Å². The van der Waals surface area contributed by atoms with Gasteiger partial charge in [-0.05, 0) is 17.0 Å². The van der Waals surface area contributed by atoms with Gasteiger partial charge in [0, 0.05) is 19.6 Å². The Kier molecular flexibility index (Phi) is 5.97. The molecule has 32 heavy (non-hydrogen) atoms. The van der Waals surface area contributed by atoms with Gasteiger partial charge in [-0.2, -0.15) is 5.10 Å². The van der Waals surface area contributed by atoms with Crippen molar-refractivity contribution in [3.05, 3.63) is 63.8 Å². The number of morpholine rings is 1. The molecule has 1 amide bonds. The van der Waals surface area contributed by atoms with E-state index in [1.807, 2.05) is 47.8 Å². The van der Waals surface area contributed by atoms with Crippen molar-refractivity contribution >= 4 is 43.9 Å². The molecule has 0 spiro atoms. The van der Waals surface area contributed by atoms with E-state index >= 15 is 0 Å². The zero-order chi connectivity index (χ0) is 21.9. The second-order valence-corrected chi connectivity index (χ2v) is 9.25. The highest BCUT2D eigenvalue weighted by atomic mass is 32.1. The average Bonchev–Trinajstić information content (AvgIpc) is 3.52. The Morgan fingerprint density at radius 3 is 2.69 bits per heavy atom. The molecule has 1 saturated heterocycles. The number of nitrogens with one attached hydrogen (secondary N) is 1. The van der Waals surface area contributed by atoms with Crippen LogP contribution in [0.2, 0.25) is 0 Å². The molecule has 4 aromatic rings. The normalized spacial score (nSPS) is 14.1. The summed E-state index contributed by atoms with van der Waals surface area (Å²) in [6, 6.07) is 13.5. The average molecular weight is 468 g/mol. The number of anilines is 1.